The lowest BCUT2D eigenvalue weighted by Gasteiger charge is -2.02. The lowest BCUT2D eigenvalue weighted by atomic mass is 10.2. The molecular formula is C13H19N3O2S. The van der Waals surface area contributed by atoms with Crippen LogP contribution >= 0.6 is 12.6 Å². The zero-order chi connectivity index (χ0) is 14.1. The number of aromatic nitrogens is 3. The first kappa shape index (κ1) is 15.5. The number of pyridine rings is 1. The average Bonchev–Trinajstić information content (AvgIpc) is 2.83. The summed E-state index contributed by atoms with van der Waals surface area (Å²) in [5.74, 6) is -0.965. The van der Waals surface area contributed by atoms with Gasteiger partial charge in [-0.3, -0.25) is 4.79 Å². The molecule has 0 aromatic carbocycles. The highest BCUT2D eigenvalue weighted by Crippen LogP contribution is 2.10. The molecule has 0 amide bonds. The van der Waals surface area contributed by atoms with E-state index in [-0.39, 0.29) is 5.75 Å². The fourth-order valence-corrected chi connectivity index (χ4v) is 1.61. The van der Waals surface area contributed by atoms with Crippen molar-refractivity contribution in [2.45, 2.75) is 32.7 Å². The van der Waals surface area contributed by atoms with E-state index in [1.165, 1.54) is 19.3 Å². The number of imidazole rings is 1. The van der Waals surface area contributed by atoms with Gasteiger partial charge in [-0.15, -0.1) is 0 Å². The van der Waals surface area contributed by atoms with Crippen molar-refractivity contribution < 1.29 is 9.90 Å². The standard InChI is InChI=1S/C11H15N3.C2H4O2S/c1-2-3-4-8-14-9-13-11-10(14)6-5-7-12-11;3-2(4)1-5/h5-7,9H,2-4,8H2,1H3;5H,1H2,(H,3,4). The first-order chi connectivity index (χ1) is 9.19. The number of carboxylic acid groups (broad SMARTS) is 1. The molecule has 19 heavy (non-hydrogen) atoms. The zero-order valence-electron chi connectivity index (χ0n) is 11.0. The van der Waals surface area contributed by atoms with Crippen molar-refractivity contribution in [2.75, 3.05) is 5.75 Å². The molecule has 0 radical (unpaired) electrons. The Morgan fingerprint density at radius 1 is 1.42 bits per heavy atom. The van der Waals surface area contributed by atoms with E-state index < -0.39 is 5.97 Å². The minimum atomic E-state index is -0.881. The van der Waals surface area contributed by atoms with Gasteiger partial charge in [-0.25, -0.2) is 9.97 Å². The van der Waals surface area contributed by atoms with Gasteiger partial charge in [-0.1, -0.05) is 19.8 Å². The second-order valence-corrected chi connectivity index (χ2v) is 4.36. The van der Waals surface area contributed by atoms with E-state index in [0.29, 0.717) is 0 Å². The molecule has 0 unspecified atom stereocenters. The highest BCUT2D eigenvalue weighted by molar-refractivity contribution is 7.81. The van der Waals surface area contributed by atoms with E-state index in [4.69, 9.17) is 5.11 Å². The van der Waals surface area contributed by atoms with Gasteiger partial charge in [0.25, 0.3) is 0 Å². The van der Waals surface area contributed by atoms with Crippen LogP contribution < -0.4 is 0 Å². The molecule has 6 heteroatoms. The summed E-state index contributed by atoms with van der Waals surface area (Å²) >= 11 is 3.42. The van der Waals surface area contributed by atoms with E-state index in [2.05, 4.69) is 40.2 Å². The molecule has 0 spiro atoms. The van der Waals surface area contributed by atoms with Crippen molar-refractivity contribution in [3.63, 3.8) is 0 Å². The fourth-order valence-electron chi connectivity index (χ4n) is 1.61. The van der Waals surface area contributed by atoms with E-state index in [1.807, 2.05) is 12.4 Å². The monoisotopic (exact) mass is 281 g/mol. The van der Waals surface area contributed by atoms with Crippen LogP contribution in [-0.4, -0.2) is 31.4 Å². The number of hydrogen-bond acceptors (Lipinski definition) is 4. The maximum absolute atomic E-state index is 9.29. The number of aliphatic carboxylic acids is 1. The zero-order valence-corrected chi connectivity index (χ0v) is 11.9. The van der Waals surface area contributed by atoms with Crippen LogP contribution in [0.2, 0.25) is 0 Å². The second-order valence-electron chi connectivity index (χ2n) is 4.04. The third kappa shape index (κ3) is 5.30. The molecule has 0 bridgehead atoms. The molecule has 2 heterocycles. The summed E-state index contributed by atoms with van der Waals surface area (Å²) in [6.45, 7) is 3.27. The van der Waals surface area contributed by atoms with Crippen LogP contribution in [-0.2, 0) is 11.3 Å². The van der Waals surface area contributed by atoms with Crippen molar-refractivity contribution in [1.29, 1.82) is 0 Å². The molecule has 104 valence electrons. The Morgan fingerprint density at radius 3 is 2.79 bits per heavy atom. The van der Waals surface area contributed by atoms with Crippen molar-refractivity contribution in [2.24, 2.45) is 0 Å². The second kappa shape index (κ2) is 8.53. The van der Waals surface area contributed by atoms with Crippen molar-refractivity contribution in [3.05, 3.63) is 24.7 Å². The molecule has 0 atom stereocenters. The van der Waals surface area contributed by atoms with Gasteiger partial charge in [-0.2, -0.15) is 12.6 Å². The molecule has 0 saturated heterocycles. The smallest absolute Gasteiger partial charge is 0.313 e. The molecular weight excluding hydrogens is 262 g/mol. The number of nitrogens with zero attached hydrogens (tertiary/aromatic N) is 3. The normalized spacial score (nSPS) is 10.0. The lowest BCUT2D eigenvalue weighted by Crippen LogP contribution is -1.95. The minimum Gasteiger partial charge on any atom is -0.481 e. The number of thiol groups is 1. The molecule has 0 saturated carbocycles. The summed E-state index contributed by atoms with van der Waals surface area (Å²) in [5.41, 5.74) is 1.99. The molecule has 0 aliphatic carbocycles. The topological polar surface area (TPSA) is 68.0 Å². The van der Waals surface area contributed by atoms with E-state index in [9.17, 15) is 4.79 Å². The van der Waals surface area contributed by atoms with Crippen LogP contribution in [0.1, 0.15) is 26.2 Å². The van der Waals surface area contributed by atoms with E-state index in [1.54, 1.807) is 6.20 Å². The van der Waals surface area contributed by atoms with Crippen molar-refractivity contribution in [1.82, 2.24) is 14.5 Å². The highest BCUT2D eigenvalue weighted by Gasteiger charge is 2.00. The first-order valence-corrected chi connectivity index (χ1v) is 6.90. The SMILES string of the molecule is CCCCCn1cnc2ncccc21.O=C(O)CS. The van der Waals surface area contributed by atoms with Crippen molar-refractivity contribution >= 4 is 29.8 Å². The maximum Gasteiger partial charge on any atom is 0.313 e. The highest BCUT2D eigenvalue weighted by atomic mass is 32.1. The van der Waals surface area contributed by atoms with Crippen LogP contribution in [0.4, 0.5) is 0 Å². The Bertz CT molecular complexity index is 513. The summed E-state index contributed by atoms with van der Waals surface area (Å²) in [6.07, 6.45) is 7.42. The van der Waals surface area contributed by atoms with Crippen LogP contribution in [0.5, 0.6) is 0 Å². The van der Waals surface area contributed by atoms with Gasteiger partial charge in [0.05, 0.1) is 17.6 Å². The summed E-state index contributed by atoms with van der Waals surface area (Å²) in [6, 6.07) is 4.03. The maximum atomic E-state index is 9.29. The van der Waals surface area contributed by atoms with Gasteiger partial charge in [0.2, 0.25) is 0 Å². The van der Waals surface area contributed by atoms with E-state index >= 15 is 0 Å². The Labute approximate surface area is 118 Å². The van der Waals surface area contributed by atoms with Gasteiger partial charge in [0.1, 0.15) is 0 Å². The number of rotatable bonds is 5. The van der Waals surface area contributed by atoms with Gasteiger partial charge in [0.15, 0.2) is 5.65 Å². The fraction of sp³-hybridized carbons (Fsp3) is 0.462. The predicted octanol–water partition coefficient (Wildman–Crippen LogP) is 2.62. The molecule has 0 aliphatic heterocycles. The molecule has 5 nitrogen and oxygen atoms in total. The summed E-state index contributed by atoms with van der Waals surface area (Å²) in [4.78, 5) is 17.7. The number of carboxylic acids is 1. The van der Waals surface area contributed by atoms with Crippen LogP contribution in [0, 0.1) is 0 Å². The number of aryl methyl sites for hydroxylation is 1. The Hall–Kier alpha value is -1.56. The predicted molar refractivity (Wildman–Crippen MR) is 78.5 cm³/mol. The van der Waals surface area contributed by atoms with E-state index in [0.717, 1.165) is 17.7 Å². The number of unbranched alkanes of at least 4 members (excludes halogenated alkanes) is 2. The Balaban J connectivity index is 0.000000312. The largest absolute Gasteiger partial charge is 0.481 e. The molecule has 1 N–H and O–H groups in total. The third-order valence-corrected chi connectivity index (χ3v) is 2.80. The molecule has 0 aliphatic rings. The van der Waals surface area contributed by atoms with Gasteiger partial charge < -0.3 is 9.67 Å². The quantitative estimate of drug-likeness (QED) is 0.653. The number of hydrogen-bond donors (Lipinski definition) is 2. The lowest BCUT2D eigenvalue weighted by molar-refractivity contribution is -0.133. The third-order valence-electron chi connectivity index (χ3n) is 2.53. The van der Waals surface area contributed by atoms with Crippen LogP contribution in [0.15, 0.2) is 24.7 Å². The molecule has 2 rings (SSSR count). The first-order valence-electron chi connectivity index (χ1n) is 6.27. The van der Waals surface area contributed by atoms with Crippen LogP contribution in [0.3, 0.4) is 0 Å². The molecule has 2 aromatic rings. The Morgan fingerprint density at radius 2 is 2.16 bits per heavy atom. The van der Waals surface area contributed by atoms with Gasteiger partial charge in [-0.05, 0) is 18.6 Å². The number of carbonyl (C=O) groups is 1. The summed E-state index contributed by atoms with van der Waals surface area (Å²) in [5, 5.41) is 7.65. The molecule has 0 fully saturated rings. The van der Waals surface area contributed by atoms with Gasteiger partial charge >= 0.3 is 5.97 Å². The van der Waals surface area contributed by atoms with Crippen molar-refractivity contribution in [3.8, 4) is 0 Å². The minimum absolute atomic E-state index is 0.0833. The average molecular weight is 281 g/mol. The Kier molecular flexibility index (Phi) is 6.95. The number of fused-ring (bicyclic) bond motifs is 1. The summed E-state index contributed by atoms with van der Waals surface area (Å²) < 4.78 is 2.18. The summed E-state index contributed by atoms with van der Waals surface area (Å²) in [7, 11) is 0. The van der Waals surface area contributed by atoms with Gasteiger partial charge in [0, 0.05) is 12.7 Å². The van der Waals surface area contributed by atoms with Crippen LogP contribution in [0.25, 0.3) is 11.2 Å². The molecule has 2 aromatic heterocycles.